The zero-order valence-electron chi connectivity index (χ0n) is 17.3. The Balaban J connectivity index is 2.52. The minimum Gasteiger partial charge on any atom is -0.450 e. The fourth-order valence-corrected chi connectivity index (χ4v) is 5.86. The molecule has 3 N–H and O–H groups in total. The molecule has 0 aliphatic rings. The van der Waals surface area contributed by atoms with Crippen molar-refractivity contribution in [2.45, 2.75) is 55.2 Å². The van der Waals surface area contributed by atoms with Gasteiger partial charge in [-0.3, -0.25) is 14.4 Å². The Morgan fingerprint density at radius 1 is 1.17 bits per heavy atom. The van der Waals surface area contributed by atoms with Crippen LogP contribution >= 0.6 is 11.3 Å². The molecule has 0 atom stereocenters. The first kappa shape index (κ1) is 23.6. The van der Waals surface area contributed by atoms with Crippen LogP contribution in [0.1, 0.15) is 56.5 Å². The van der Waals surface area contributed by atoms with Gasteiger partial charge in [0, 0.05) is 6.92 Å². The molecule has 1 aromatic heterocycles. The summed E-state index contributed by atoms with van der Waals surface area (Å²) in [5.41, 5.74) is 4.34. The molecule has 0 saturated heterocycles. The van der Waals surface area contributed by atoms with E-state index in [0.29, 0.717) is 16.9 Å². The minimum atomic E-state index is -3.97. The van der Waals surface area contributed by atoms with E-state index < -0.39 is 33.2 Å². The van der Waals surface area contributed by atoms with Crippen LogP contribution in [0.25, 0.3) is 0 Å². The molecule has 8 nitrogen and oxygen atoms in total. The van der Waals surface area contributed by atoms with Gasteiger partial charge in [-0.05, 0) is 37.5 Å². The van der Waals surface area contributed by atoms with Crippen LogP contribution in [0.4, 0.5) is 5.00 Å². The summed E-state index contributed by atoms with van der Waals surface area (Å²) in [6.45, 7) is 7.65. The Bertz CT molecular complexity index is 1100. The third kappa shape index (κ3) is 4.88. The summed E-state index contributed by atoms with van der Waals surface area (Å²) >= 11 is 0.712. The average molecular weight is 453 g/mol. The molecule has 0 aliphatic heterocycles. The molecular weight excluding hydrogens is 428 g/mol. The second kappa shape index (κ2) is 8.57. The minimum absolute atomic E-state index is 0.0340. The van der Waals surface area contributed by atoms with Crippen molar-refractivity contribution in [2.24, 2.45) is 5.73 Å². The van der Waals surface area contributed by atoms with Gasteiger partial charge in [-0.1, -0.05) is 32.0 Å². The van der Waals surface area contributed by atoms with E-state index in [-0.39, 0.29) is 25.6 Å². The van der Waals surface area contributed by atoms with Crippen molar-refractivity contribution in [3.05, 3.63) is 41.5 Å². The Kier molecular flexibility index (Phi) is 6.73. The number of rotatable bonds is 7. The molecule has 0 radical (unpaired) electrons. The Morgan fingerprint density at radius 2 is 1.77 bits per heavy atom. The van der Waals surface area contributed by atoms with E-state index in [1.165, 1.54) is 19.9 Å². The highest BCUT2D eigenvalue weighted by molar-refractivity contribution is 7.93. The smallest absolute Gasteiger partial charge is 0.303 e. The number of ether oxygens (including phenoxy) is 1. The highest BCUT2D eigenvalue weighted by Gasteiger charge is 2.33. The topological polar surface area (TPSA) is 133 Å². The molecule has 10 heteroatoms. The fourth-order valence-electron chi connectivity index (χ4n) is 2.75. The van der Waals surface area contributed by atoms with Crippen molar-refractivity contribution in [2.75, 3.05) is 5.32 Å². The number of hydrogen-bond acceptors (Lipinski definition) is 7. The molecule has 0 spiro atoms. The summed E-state index contributed by atoms with van der Waals surface area (Å²) < 4.78 is 31.3. The van der Waals surface area contributed by atoms with Gasteiger partial charge in [0.05, 0.1) is 10.5 Å². The van der Waals surface area contributed by atoms with Gasteiger partial charge < -0.3 is 15.8 Å². The predicted molar refractivity (Wildman–Crippen MR) is 113 cm³/mol. The number of sulfone groups is 1. The first-order valence-corrected chi connectivity index (χ1v) is 11.4. The molecule has 0 bridgehead atoms. The Hall–Kier alpha value is -2.72. The largest absolute Gasteiger partial charge is 0.450 e. The van der Waals surface area contributed by atoms with Crippen LogP contribution in [0.3, 0.4) is 0 Å². The first-order chi connectivity index (χ1) is 13.8. The molecule has 2 rings (SSSR count). The number of carbonyl (C=O) groups is 3. The normalized spacial score (nSPS) is 11.9. The predicted octanol–water partition coefficient (Wildman–Crippen LogP) is 3.08. The number of amides is 2. The van der Waals surface area contributed by atoms with Gasteiger partial charge in [-0.2, -0.15) is 0 Å². The van der Waals surface area contributed by atoms with Crippen molar-refractivity contribution < 1.29 is 27.5 Å². The van der Waals surface area contributed by atoms with Crippen LogP contribution in [-0.2, 0) is 24.2 Å². The van der Waals surface area contributed by atoms with Crippen molar-refractivity contribution >= 4 is 44.0 Å². The molecule has 1 aromatic carbocycles. The molecular formula is C20H24N2O6S2. The van der Waals surface area contributed by atoms with Gasteiger partial charge in [-0.25, -0.2) is 8.42 Å². The SMILES string of the molecule is CC(=O)OC(C)(C)C(=O)Nc1sc(S(=O)(=O)c2ccccc2C(C)C)cc1C(N)=O. The number of benzene rings is 1. The van der Waals surface area contributed by atoms with E-state index in [1.54, 1.807) is 18.2 Å². The molecule has 0 saturated carbocycles. The summed E-state index contributed by atoms with van der Waals surface area (Å²) in [6, 6.07) is 7.74. The average Bonchev–Trinajstić information content (AvgIpc) is 3.05. The summed E-state index contributed by atoms with van der Waals surface area (Å²) in [5, 5.41) is 2.42. The lowest BCUT2D eigenvalue weighted by molar-refractivity contribution is -0.160. The number of hydrogen-bond donors (Lipinski definition) is 2. The van der Waals surface area contributed by atoms with Crippen LogP contribution in [-0.4, -0.2) is 31.8 Å². The molecule has 0 unspecified atom stereocenters. The zero-order valence-corrected chi connectivity index (χ0v) is 18.9. The third-order valence-corrected chi connectivity index (χ3v) is 7.59. The number of nitrogens with two attached hydrogens (primary N) is 1. The lowest BCUT2D eigenvalue weighted by Crippen LogP contribution is -2.41. The van der Waals surface area contributed by atoms with Gasteiger partial charge in [0.15, 0.2) is 5.60 Å². The van der Waals surface area contributed by atoms with Crippen molar-refractivity contribution in [3.63, 3.8) is 0 Å². The van der Waals surface area contributed by atoms with Crippen molar-refractivity contribution in [1.82, 2.24) is 0 Å². The maximum Gasteiger partial charge on any atom is 0.303 e. The van der Waals surface area contributed by atoms with E-state index in [9.17, 15) is 22.8 Å². The van der Waals surface area contributed by atoms with Gasteiger partial charge in [0.1, 0.15) is 9.21 Å². The first-order valence-electron chi connectivity index (χ1n) is 9.06. The lowest BCUT2D eigenvalue weighted by atomic mass is 10.0. The number of esters is 1. The van der Waals surface area contributed by atoms with E-state index in [0.717, 1.165) is 13.0 Å². The van der Waals surface area contributed by atoms with Gasteiger partial charge >= 0.3 is 5.97 Å². The molecule has 0 aliphatic carbocycles. The zero-order chi connectivity index (χ0) is 22.9. The van der Waals surface area contributed by atoms with Crippen LogP contribution < -0.4 is 11.1 Å². The second-order valence-electron chi connectivity index (χ2n) is 7.43. The summed E-state index contributed by atoms with van der Waals surface area (Å²) in [7, 11) is -3.97. The number of anilines is 1. The Labute approximate surface area is 179 Å². The quantitative estimate of drug-likeness (QED) is 0.620. The van der Waals surface area contributed by atoms with Gasteiger partial charge in [-0.15, -0.1) is 11.3 Å². The number of thiophene rings is 1. The highest BCUT2D eigenvalue weighted by atomic mass is 32.2. The summed E-state index contributed by atoms with van der Waals surface area (Å²) in [5.74, 6) is -2.33. The van der Waals surface area contributed by atoms with Crippen LogP contribution in [0.5, 0.6) is 0 Å². The fraction of sp³-hybridized carbons (Fsp3) is 0.350. The Morgan fingerprint density at radius 3 is 2.30 bits per heavy atom. The van der Waals surface area contributed by atoms with Crippen molar-refractivity contribution in [1.29, 1.82) is 0 Å². The number of carbonyl (C=O) groups excluding carboxylic acids is 3. The molecule has 30 heavy (non-hydrogen) atoms. The second-order valence-corrected chi connectivity index (χ2v) is 10.6. The van der Waals surface area contributed by atoms with E-state index in [2.05, 4.69) is 5.32 Å². The monoisotopic (exact) mass is 452 g/mol. The molecule has 162 valence electrons. The van der Waals surface area contributed by atoms with Crippen LogP contribution in [0.2, 0.25) is 0 Å². The molecule has 2 amide bonds. The molecule has 1 heterocycles. The lowest BCUT2D eigenvalue weighted by Gasteiger charge is -2.22. The number of nitrogens with one attached hydrogen (secondary N) is 1. The highest BCUT2D eigenvalue weighted by Crippen LogP contribution is 2.37. The van der Waals surface area contributed by atoms with E-state index in [1.807, 2.05) is 13.8 Å². The third-order valence-electron chi connectivity index (χ3n) is 4.24. The molecule has 0 fully saturated rings. The van der Waals surface area contributed by atoms with Gasteiger partial charge in [0.2, 0.25) is 9.84 Å². The standard InChI is InChI=1S/C20H24N2O6S2/c1-11(2)13-8-6-7-9-15(13)30(26,27)16-10-14(17(21)24)18(29-16)22-19(25)20(4,5)28-12(3)23/h6-11H,1-5H3,(H2,21,24)(H,22,25). The molecule has 2 aromatic rings. The maximum absolute atomic E-state index is 13.3. The maximum atomic E-state index is 13.3. The van der Waals surface area contributed by atoms with Gasteiger partial charge in [0.25, 0.3) is 11.8 Å². The van der Waals surface area contributed by atoms with Crippen LogP contribution in [0.15, 0.2) is 39.4 Å². The van der Waals surface area contributed by atoms with Crippen molar-refractivity contribution in [3.8, 4) is 0 Å². The summed E-state index contributed by atoms with van der Waals surface area (Å²) in [6.07, 6.45) is 0. The van der Waals surface area contributed by atoms with E-state index >= 15 is 0 Å². The van der Waals surface area contributed by atoms with Crippen LogP contribution in [0, 0.1) is 0 Å². The summed E-state index contributed by atoms with van der Waals surface area (Å²) in [4.78, 5) is 35.8. The van der Waals surface area contributed by atoms with E-state index in [4.69, 9.17) is 10.5 Å². The number of primary amides is 1.